The van der Waals surface area contributed by atoms with Crippen LogP contribution in [0, 0.1) is 5.92 Å². The van der Waals surface area contributed by atoms with E-state index >= 15 is 0 Å². The van der Waals surface area contributed by atoms with Gasteiger partial charge in [0.15, 0.2) is 0 Å². The molecule has 2 fully saturated rings. The molecule has 2 heterocycles. The number of carbonyl (C=O) groups is 2. The molecule has 2 unspecified atom stereocenters. The standard InChI is InChI=1S/C28H29NO3/c30-27(16-21-13-14-22-9-4-5-10-23(22)15-21)24-17-25-11-6-12-26(18-24)29(25)28(31)32-19-20-7-2-1-3-8-20/h1-5,7-10,13-15,24-26H,6,11-12,16-19H2. The van der Waals surface area contributed by atoms with Crippen LogP contribution in [-0.4, -0.2) is 28.9 Å². The van der Waals surface area contributed by atoms with E-state index in [9.17, 15) is 9.59 Å². The van der Waals surface area contributed by atoms with Crippen molar-refractivity contribution in [2.45, 2.75) is 57.2 Å². The topological polar surface area (TPSA) is 46.6 Å². The minimum atomic E-state index is -0.232. The Kier molecular flexibility index (Phi) is 5.93. The van der Waals surface area contributed by atoms with Gasteiger partial charge in [-0.15, -0.1) is 0 Å². The SMILES string of the molecule is O=C(Cc1ccc2ccccc2c1)C1CC2CCCC(C1)N2C(=O)OCc1ccccc1. The van der Waals surface area contributed by atoms with Crippen LogP contribution in [0.5, 0.6) is 0 Å². The zero-order chi connectivity index (χ0) is 21.9. The van der Waals surface area contributed by atoms with Crippen LogP contribution >= 0.6 is 0 Å². The molecule has 2 aliphatic rings. The second-order valence-corrected chi connectivity index (χ2v) is 9.18. The van der Waals surface area contributed by atoms with E-state index in [-0.39, 0.29) is 24.1 Å². The van der Waals surface area contributed by atoms with E-state index in [0.29, 0.717) is 18.8 Å². The van der Waals surface area contributed by atoms with Crippen LogP contribution < -0.4 is 0 Å². The Bertz CT molecular complexity index is 1100. The summed E-state index contributed by atoms with van der Waals surface area (Å²) < 4.78 is 5.64. The maximum absolute atomic E-state index is 13.2. The normalized spacial score (nSPS) is 22.5. The van der Waals surface area contributed by atoms with Crippen LogP contribution in [0.2, 0.25) is 0 Å². The van der Waals surface area contributed by atoms with Crippen molar-refractivity contribution in [2.24, 2.45) is 5.92 Å². The number of hydrogen-bond donors (Lipinski definition) is 0. The Morgan fingerprint density at radius 1 is 0.812 bits per heavy atom. The monoisotopic (exact) mass is 427 g/mol. The highest BCUT2D eigenvalue weighted by Gasteiger charge is 2.43. The lowest BCUT2D eigenvalue weighted by Crippen LogP contribution is -2.55. The van der Waals surface area contributed by atoms with Gasteiger partial charge in [0.2, 0.25) is 0 Å². The maximum Gasteiger partial charge on any atom is 0.410 e. The fourth-order valence-corrected chi connectivity index (χ4v) is 5.43. The van der Waals surface area contributed by atoms with E-state index in [1.165, 1.54) is 10.8 Å². The highest BCUT2D eigenvalue weighted by molar-refractivity contribution is 5.87. The lowest BCUT2D eigenvalue weighted by atomic mass is 9.76. The van der Waals surface area contributed by atoms with Crippen LogP contribution in [0.4, 0.5) is 4.79 Å². The summed E-state index contributed by atoms with van der Waals surface area (Å²) in [6.07, 6.45) is 4.76. The molecule has 2 saturated heterocycles. The number of Topliss-reactive ketones (excluding diaryl/α,β-unsaturated/α-hetero) is 1. The van der Waals surface area contributed by atoms with E-state index in [4.69, 9.17) is 4.74 Å². The molecule has 0 aliphatic carbocycles. The zero-order valence-electron chi connectivity index (χ0n) is 18.3. The summed E-state index contributed by atoms with van der Waals surface area (Å²) in [6.45, 7) is 0.292. The molecule has 4 nitrogen and oxygen atoms in total. The van der Waals surface area contributed by atoms with Gasteiger partial charge in [-0.3, -0.25) is 4.79 Å². The highest BCUT2D eigenvalue weighted by Crippen LogP contribution is 2.38. The van der Waals surface area contributed by atoms with Gasteiger partial charge >= 0.3 is 6.09 Å². The van der Waals surface area contributed by atoms with E-state index in [1.54, 1.807) is 0 Å². The molecular weight excluding hydrogens is 398 g/mol. The summed E-state index contributed by atoms with van der Waals surface area (Å²) in [4.78, 5) is 28.0. The number of ketones is 1. The molecule has 4 heteroatoms. The van der Waals surface area contributed by atoms with Crippen molar-refractivity contribution < 1.29 is 14.3 Å². The molecule has 164 valence electrons. The number of ether oxygens (including phenoxy) is 1. The first kappa shape index (κ1) is 20.7. The van der Waals surface area contributed by atoms with Gasteiger partial charge < -0.3 is 9.64 Å². The summed E-state index contributed by atoms with van der Waals surface area (Å²) in [6, 6.07) is 24.5. The molecule has 2 bridgehead atoms. The summed E-state index contributed by atoms with van der Waals surface area (Å²) in [5, 5.41) is 2.37. The van der Waals surface area contributed by atoms with Crippen molar-refractivity contribution in [2.75, 3.05) is 0 Å². The van der Waals surface area contributed by atoms with Gasteiger partial charge in [0, 0.05) is 24.4 Å². The quantitative estimate of drug-likeness (QED) is 0.508. The molecule has 3 aromatic carbocycles. The Hall–Kier alpha value is -3.14. The van der Waals surface area contributed by atoms with Gasteiger partial charge in [-0.2, -0.15) is 0 Å². The Balaban J connectivity index is 1.23. The molecule has 2 aliphatic heterocycles. The fraction of sp³-hybridized carbons (Fsp3) is 0.357. The van der Waals surface area contributed by atoms with Crippen LogP contribution in [0.15, 0.2) is 72.8 Å². The van der Waals surface area contributed by atoms with Gasteiger partial charge in [0.05, 0.1) is 0 Å². The number of carbonyl (C=O) groups excluding carboxylic acids is 2. The number of fused-ring (bicyclic) bond motifs is 3. The first-order valence-electron chi connectivity index (χ1n) is 11.7. The van der Waals surface area contributed by atoms with E-state index in [0.717, 1.165) is 43.2 Å². The maximum atomic E-state index is 13.2. The van der Waals surface area contributed by atoms with Crippen molar-refractivity contribution in [3.63, 3.8) is 0 Å². The lowest BCUT2D eigenvalue weighted by molar-refractivity contribution is -0.126. The van der Waals surface area contributed by atoms with Gasteiger partial charge in [0.1, 0.15) is 12.4 Å². The van der Waals surface area contributed by atoms with Crippen molar-refractivity contribution in [3.8, 4) is 0 Å². The molecule has 2 atom stereocenters. The number of nitrogens with zero attached hydrogens (tertiary/aromatic N) is 1. The molecule has 0 radical (unpaired) electrons. The predicted molar refractivity (Wildman–Crippen MR) is 125 cm³/mol. The summed E-state index contributed by atoms with van der Waals surface area (Å²) >= 11 is 0. The average Bonchev–Trinajstić information content (AvgIpc) is 2.82. The van der Waals surface area contributed by atoms with Gasteiger partial charge in [-0.25, -0.2) is 4.79 Å². The fourth-order valence-electron chi connectivity index (χ4n) is 5.43. The van der Waals surface area contributed by atoms with Gasteiger partial charge in [-0.1, -0.05) is 72.8 Å². The molecular formula is C28H29NO3. The molecule has 3 aromatic rings. The zero-order valence-corrected chi connectivity index (χ0v) is 18.3. The minimum Gasteiger partial charge on any atom is -0.445 e. The van der Waals surface area contributed by atoms with Crippen LogP contribution in [0.25, 0.3) is 10.8 Å². The molecule has 0 saturated carbocycles. The molecule has 1 amide bonds. The lowest BCUT2D eigenvalue weighted by Gasteiger charge is -2.47. The first-order valence-corrected chi connectivity index (χ1v) is 11.7. The van der Waals surface area contributed by atoms with Crippen LogP contribution in [-0.2, 0) is 22.6 Å². The van der Waals surface area contributed by atoms with Crippen LogP contribution in [0.1, 0.15) is 43.2 Å². The average molecular weight is 428 g/mol. The smallest absolute Gasteiger partial charge is 0.410 e. The third-order valence-corrected chi connectivity index (χ3v) is 7.04. The van der Waals surface area contributed by atoms with E-state index in [2.05, 4.69) is 30.3 Å². The van der Waals surface area contributed by atoms with Crippen molar-refractivity contribution in [1.29, 1.82) is 0 Å². The van der Waals surface area contributed by atoms with Crippen molar-refractivity contribution in [1.82, 2.24) is 4.90 Å². The second kappa shape index (κ2) is 9.15. The van der Waals surface area contributed by atoms with Gasteiger partial charge in [0.25, 0.3) is 0 Å². The second-order valence-electron chi connectivity index (χ2n) is 9.18. The number of hydrogen-bond acceptors (Lipinski definition) is 3. The predicted octanol–water partition coefficient (Wildman–Crippen LogP) is 5.92. The minimum absolute atomic E-state index is 0.0231. The van der Waals surface area contributed by atoms with Crippen LogP contribution in [0.3, 0.4) is 0 Å². The molecule has 0 spiro atoms. The van der Waals surface area contributed by atoms with E-state index in [1.807, 2.05) is 47.4 Å². The molecule has 0 N–H and O–H groups in total. The third kappa shape index (κ3) is 4.40. The van der Waals surface area contributed by atoms with Crippen molar-refractivity contribution >= 4 is 22.6 Å². The van der Waals surface area contributed by atoms with E-state index < -0.39 is 0 Å². The number of rotatable bonds is 5. The molecule has 0 aromatic heterocycles. The molecule has 32 heavy (non-hydrogen) atoms. The van der Waals surface area contributed by atoms with Crippen molar-refractivity contribution in [3.05, 3.63) is 83.9 Å². The summed E-state index contributed by atoms with van der Waals surface area (Å²) in [5.74, 6) is 0.324. The Labute approximate surface area is 189 Å². The number of amides is 1. The summed E-state index contributed by atoms with van der Waals surface area (Å²) in [7, 11) is 0. The number of piperidine rings is 2. The molecule has 5 rings (SSSR count). The Morgan fingerprint density at radius 2 is 1.50 bits per heavy atom. The highest BCUT2D eigenvalue weighted by atomic mass is 16.6. The summed E-state index contributed by atoms with van der Waals surface area (Å²) in [5.41, 5.74) is 2.06. The van der Waals surface area contributed by atoms with Gasteiger partial charge in [-0.05, 0) is 54.0 Å². The number of benzene rings is 3. The first-order chi connectivity index (χ1) is 15.7. The largest absolute Gasteiger partial charge is 0.445 e. The Morgan fingerprint density at radius 3 is 2.25 bits per heavy atom. The third-order valence-electron chi connectivity index (χ3n) is 7.04.